The largest absolute Gasteiger partial charge is 0.494 e. The van der Waals surface area contributed by atoms with E-state index in [0.717, 1.165) is 24.2 Å². The number of oxime groups is 1. The van der Waals surface area contributed by atoms with Crippen molar-refractivity contribution in [1.29, 1.82) is 0 Å². The van der Waals surface area contributed by atoms with E-state index in [1.807, 2.05) is 31.2 Å². The molecule has 0 spiro atoms. The minimum atomic E-state index is -0.876. The molecule has 0 bridgehead atoms. The van der Waals surface area contributed by atoms with Gasteiger partial charge in [-0.2, -0.15) is 0 Å². The van der Waals surface area contributed by atoms with Gasteiger partial charge in [0.1, 0.15) is 30.4 Å². The number of hydrogen-bond donors (Lipinski definition) is 1. The van der Waals surface area contributed by atoms with Crippen LogP contribution in [0.25, 0.3) is 0 Å². The fourth-order valence-corrected chi connectivity index (χ4v) is 2.93. The lowest BCUT2D eigenvalue weighted by molar-refractivity contribution is -0.136. The molecule has 0 radical (unpaired) electrons. The Bertz CT molecular complexity index is 834. The average molecular weight is 428 g/mol. The van der Waals surface area contributed by atoms with E-state index in [4.69, 9.17) is 19.4 Å². The van der Waals surface area contributed by atoms with Crippen LogP contribution in [0, 0.1) is 0 Å². The number of hydrogen-bond acceptors (Lipinski definition) is 5. The number of carboxylic acid groups (broad SMARTS) is 1. The maximum Gasteiger partial charge on any atom is 0.307 e. The van der Waals surface area contributed by atoms with Crippen LogP contribution in [0.15, 0.2) is 53.7 Å². The number of carbonyl (C=O) groups is 1. The summed E-state index contributed by atoms with van der Waals surface area (Å²) in [5, 5.41) is 13.3. The van der Waals surface area contributed by atoms with Gasteiger partial charge in [0, 0.05) is 5.56 Å². The Morgan fingerprint density at radius 3 is 2.42 bits per heavy atom. The van der Waals surface area contributed by atoms with Crippen LogP contribution < -0.4 is 9.47 Å². The van der Waals surface area contributed by atoms with E-state index in [-0.39, 0.29) is 13.0 Å². The van der Waals surface area contributed by atoms with Crippen molar-refractivity contribution in [2.75, 3.05) is 19.8 Å². The summed E-state index contributed by atoms with van der Waals surface area (Å²) >= 11 is 0. The van der Waals surface area contributed by atoms with Crippen molar-refractivity contribution in [3.63, 3.8) is 0 Å². The quantitative estimate of drug-likeness (QED) is 0.231. The molecule has 2 rings (SSSR count). The average Bonchev–Trinajstić information content (AvgIpc) is 2.76. The normalized spacial score (nSPS) is 11.2. The van der Waals surface area contributed by atoms with Gasteiger partial charge in [-0.25, -0.2) is 0 Å². The fourth-order valence-electron chi connectivity index (χ4n) is 2.93. The molecule has 0 atom stereocenters. The molecule has 168 valence electrons. The molecule has 0 heterocycles. The molecule has 0 aliphatic carbocycles. The van der Waals surface area contributed by atoms with E-state index < -0.39 is 5.97 Å². The van der Waals surface area contributed by atoms with Gasteiger partial charge in [0.15, 0.2) is 0 Å². The number of ether oxygens (including phenoxy) is 2. The van der Waals surface area contributed by atoms with E-state index in [1.54, 1.807) is 24.3 Å². The molecule has 0 aliphatic heterocycles. The first-order chi connectivity index (χ1) is 15.1. The van der Waals surface area contributed by atoms with Gasteiger partial charge in [0.05, 0.1) is 13.0 Å². The van der Waals surface area contributed by atoms with Crippen LogP contribution >= 0.6 is 0 Å². The van der Waals surface area contributed by atoms with Crippen LogP contribution in [0.1, 0.15) is 57.1 Å². The number of carboxylic acids is 1. The molecule has 0 fully saturated rings. The third-order valence-electron chi connectivity index (χ3n) is 4.53. The number of aliphatic carboxylic acids is 1. The zero-order valence-electron chi connectivity index (χ0n) is 18.5. The Kier molecular flexibility index (Phi) is 11.0. The van der Waals surface area contributed by atoms with Crippen LogP contribution in [0.4, 0.5) is 0 Å². The second-order valence-corrected chi connectivity index (χ2v) is 7.31. The molecule has 0 amide bonds. The first-order valence-electron chi connectivity index (χ1n) is 11.0. The van der Waals surface area contributed by atoms with Crippen molar-refractivity contribution in [3.8, 4) is 11.5 Å². The standard InChI is InChI=1S/C25H33NO5/c1-3-5-6-7-15-29-23-13-9-11-21(18-23)24(26-31-14-4-2)19-30-22-12-8-10-20(16-22)17-25(27)28/h8-13,16,18H,3-7,14-15,17,19H2,1-2H3,(H,27,28)/b26-24+. The van der Waals surface area contributed by atoms with Gasteiger partial charge in [0.2, 0.25) is 0 Å². The predicted octanol–water partition coefficient (Wildman–Crippen LogP) is 5.48. The van der Waals surface area contributed by atoms with Gasteiger partial charge in [-0.05, 0) is 42.7 Å². The molecule has 2 aromatic rings. The van der Waals surface area contributed by atoms with Crippen LogP contribution in [0.2, 0.25) is 0 Å². The van der Waals surface area contributed by atoms with Crippen LogP contribution in [-0.2, 0) is 16.1 Å². The number of rotatable bonds is 15. The van der Waals surface area contributed by atoms with Crippen LogP contribution in [0.5, 0.6) is 11.5 Å². The first kappa shape index (κ1) is 24.3. The summed E-state index contributed by atoms with van der Waals surface area (Å²) in [5.74, 6) is 0.504. The highest BCUT2D eigenvalue weighted by molar-refractivity contribution is 6.01. The maximum absolute atomic E-state index is 10.9. The summed E-state index contributed by atoms with van der Waals surface area (Å²) in [5.41, 5.74) is 2.20. The first-order valence-corrected chi connectivity index (χ1v) is 11.0. The molecule has 0 saturated heterocycles. The van der Waals surface area contributed by atoms with Gasteiger partial charge in [-0.15, -0.1) is 0 Å². The second-order valence-electron chi connectivity index (χ2n) is 7.31. The molecular formula is C25H33NO5. The van der Waals surface area contributed by atoms with Crippen molar-refractivity contribution in [2.24, 2.45) is 5.16 Å². The summed E-state index contributed by atoms with van der Waals surface area (Å²) in [6.07, 6.45) is 5.44. The zero-order valence-corrected chi connectivity index (χ0v) is 18.5. The second kappa shape index (κ2) is 14.1. The molecule has 31 heavy (non-hydrogen) atoms. The van der Waals surface area contributed by atoms with E-state index in [2.05, 4.69) is 12.1 Å². The minimum absolute atomic E-state index is 0.0462. The minimum Gasteiger partial charge on any atom is -0.494 e. The Labute approximate surface area is 184 Å². The molecule has 2 aromatic carbocycles. The van der Waals surface area contributed by atoms with Gasteiger partial charge in [-0.1, -0.05) is 62.5 Å². The summed E-state index contributed by atoms with van der Waals surface area (Å²) in [6, 6.07) is 14.8. The molecule has 1 N–H and O–H groups in total. The molecule has 0 saturated carbocycles. The molecule has 6 heteroatoms. The maximum atomic E-state index is 10.9. The van der Waals surface area contributed by atoms with Crippen molar-refractivity contribution in [3.05, 3.63) is 59.7 Å². The van der Waals surface area contributed by atoms with Crippen molar-refractivity contribution < 1.29 is 24.2 Å². The van der Waals surface area contributed by atoms with Gasteiger partial charge in [-0.3, -0.25) is 4.79 Å². The number of unbranched alkanes of at least 4 members (excludes halogenated alkanes) is 3. The number of benzene rings is 2. The lowest BCUT2D eigenvalue weighted by Crippen LogP contribution is -2.14. The zero-order chi connectivity index (χ0) is 22.3. The topological polar surface area (TPSA) is 77.4 Å². The van der Waals surface area contributed by atoms with Crippen LogP contribution in [0.3, 0.4) is 0 Å². The van der Waals surface area contributed by atoms with Crippen molar-refractivity contribution in [2.45, 2.75) is 52.4 Å². The van der Waals surface area contributed by atoms with Gasteiger partial charge < -0.3 is 19.4 Å². The molecule has 0 aliphatic rings. The Morgan fingerprint density at radius 1 is 0.903 bits per heavy atom. The van der Waals surface area contributed by atoms with Gasteiger partial charge >= 0.3 is 5.97 Å². The Hall–Kier alpha value is -3.02. The highest BCUT2D eigenvalue weighted by Gasteiger charge is 2.09. The van der Waals surface area contributed by atoms with Crippen molar-refractivity contribution in [1.82, 2.24) is 0 Å². The molecule has 0 aromatic heterocycles. The van der Waals surface area contributed by atoms with Crippen LogP contribution in [-0.4, -0.2) is 36.6 Å². The summed E-state index contributed by atoms with van der Waals surface area (Å²) in [6.45, 7) is 5.61. The SMILES string of the molecule is CCCCCCOc1cccc(/C(COc2cccc(CC(=O)O)c2)=N/OCCC)c1. The molecular weight excluding hydrogens is 394 g/mol. The van der Waals surface area contributed by atoms with Crippen molar-refractivity contribution >= 4 is 11.7 Å². The smallest absolute Gasteiger partial charge is 0.307 e. The van der Waals surface area contributed by atoms with E-state index in [1.165, 1.54) is 19.3 Å². The third-order valence-corrected chi connectivity index (χ3v) is 4.53. The number of nitrogens with zero attached hydrogens (tertiary/aromatic N) is 1. The van der Waals surface area contributed by atoms with E-state index in [0.29, 0.717) is 30.2 Å². The fraction of sp³-hybridized carbons (Fsp3) is 0.440. The highest BCUT2D eigenvalue weighted by Crippen LogP contribution is 2.18. The summed E-state index contributed by atoms with van der Waals surface area (Å²) < 4.78 is 11.8. The predicted molar refractivity (Wildman–Crippen MR) is 122 cm³/mol. The summed E-state index contributed by atoms with van der Waals surface area (Å²) in [4.78, 5) is 16.4. The summed E-state index contributed by atoms with van der Waals surface area (Å²) in [7, 11) is 0. The van der Waals surface area contributed by atoms with E-state index >= 15 is 0 Å². The monoisotopic (exact) mass is 427 g/mol. The Balaban J connectivity index is 2.05. The highest BCUT2D eigenvalue weighted by atomic mass is 16.6. The third kappa shape index (κ3) is 9.55. The Morgan fingerprint density at radius 2 is 1.68 bits per heavy atom. The van der Waals surface area contributed by atoms with E-state index in [9.17, 15) is 4.79 Å². The lowest BCUT2D eigenvalue weighted by Gasteiger charge is -2.12. The van der Waals surface area contributed by atoms with Gasteiger partial charge in [0.25, 0.3) is 0 Å². The molecule has 6 nitrogen and oxygen atoms in total. The molecule has 0 unspecified atom stereocenters. The lowest BCUT2D eigenvalue weighted by atomic mass is 10.1.